The largest absolute Gasteiger partial charge is 0.489 e. The highest BCUT2D eigenvalue weighted by Gasteiger charge is 2.13. The van der Waals surface area contributed by atoms with Gasteiger partial charge in [0.25, 0.3) is 11.6 Å². The van der Waals surface area contributed by atoms with Crippen LogP contribution in [-0.4, -0.2) is 10.8 Å². The van der Waals surface area contributed by atoms with Crippen molar-refractivity contribution in [2.75, 3.05) is 5.32 Å². The minimum Gasteiger partial charge on any atom is -0.489 e. The lowest BCUT2D eigenvalue weighted by Crippen LogP contribution is -2.13. The van der Waals surface area contributed by atoms with Crippen LogP contribution in [0.3, 0.4) is 0 Å². The molecular formula is C30H21Br2N3O5. The number of hydrogen-bond donors (Lipinski definition) is 1. The number of halogens is 2. The first kappa shape index (κ1) is 28.5. The van der Waals surface area contributed by atoms with Crippen molar-refractivity contribution in [2.45, 2.75) is 13.2 Å². The van der Waals surface area contributed by atoms with Crippen LogP contribution in [0.4, 0.5) is 11.4 Å². The summed E-state index contributed by atoms with van der Waals surface area (Å²) in [5.41, 5.74) is 2.44. The maximum atomic E-state index is 12.9. The van der Waals surface area contributed by atoms with Gasteiger partial charge in [0.2, 0.25) is 0 Å². The van der Waals surface area contributed by atoms with Gasteiger partial charge in [0.15, 0.2) is 0 Å². The van der Waals surface area contributed by atoms with Crippen molar-refractivity contribution in [2.24, 2.45) is 0 Å². The predicted molar refractivity (Wildman–Crippen MR) is 159 cm³/mol. The van der Waals surface area contributed by atoms with Crippen LogP contribution in [-0.2, 0) is 18.0 Å². The van der Waals surface area contributed by atoms with Crippen LogP contribution < -0.4 is 14.8 Å². The fourth-order valence-corrected chi connectivity index (χ4v) is 4.21. The molecule has 4 aromatic rings. The van der Waals surface area contributed by atoms with Crippen molar-refractivity contribution in [1.82, 2.24) is 0 Å². The third kappa shape index (κ3) is 8.02. The number of amides is 1. The molecule has 0 spiro atoms. The van der Waals surface area contributed by atoms with E-state index in [0.717, 1.165) is 14.5 Å². The van der Waals surface area contributed by atoms with E-state index in [4.69, 9.17) is 9.47 Å². The molecule has 1 amide bonds. The Bertz CT molecular complexity index is 1600. The zero-order valence-electron chi connectivity index (χ0n) is 20.8. The zero-order valence-corrected chi connectivity index (χ0v) is 24.0. The Morgan fingerprint density at radius 3 is 2.30 bits per heavy atom. The van der Waals surface area contributed by atoms with E-state index in [0.29, 0.717) is 34.9 Å². The van der Waals surface area contributed by atoms with Gasteiger partial charge in [-0.3, -0.25) is 14.9 Å². The number of rotatable bonds is 10. The molecule has 0 saturated carbocycles. The number of nitro benzene ring substituents is 1. The molecule has 0 aliphatic carbocycles. The minimum absolute atomic E-state index is 0.0374. The summed E-state index contributed by atoms with van der Waals surface area (Å²) < 4.78 is 13.4. The smallest absolute Gasteiger partial charge is 0.269 e. The number of ether oxygens (including phenoxy) is 2. The van der Waals surface area contributed by atoms with E-state index >= 15 is 0 Å². The highest BCUT2D eigenvalue weighted by molar-refractivity contribution is 9.10. The first-order valence-electron chi connectivity index (χ1n) is 11.9. The van der Waals surface area contributed by atoms with E-state index < -0.39 is 10.8 Å². The van der Waals surface area contributed by atoms with Gasteiger partial charge in [0.05, 0.1) is 4.92 Å². The summed E-state index contributed by atoms with van der Waals surface area (Å²) in [4.78, 5) is 23.5. The molecule has 0 unspecified atom stereocenters. The second-order valence-corrected chi connectivity index (χ2v) is 10.3. The molecule has 0 aliphatic heterocycles. The molecule has 0 fully saturated rings. The molecule has 0 radical (unpaired) electrons. The molecule has 4 aromatic carbocycles. The van der Waals surface area contributed by atoms with Crippen molar-refractivity contribution in [3.8, 4) is 17.6 Å². The average molecular weight is 663 g/mol. The Hall–Kier alpha value is -4.46. The predicted octanol–water partition coefficient (Wildman–Crippen LogP) is 7.82. The van der Waals surface area contributed by atoms with Crippen molar-refractivity contribution in [3.05, 3.63) is 132 Å². The lowest BCUT2D eigenvalue weighted by Gasteiger charge is -2.11. The second kappa shape index (κ2) is 13.6. The molecule has 0 aromatic heterocycles. The first-order valence-corrected chi connectivity index (χ1v) is 13.5. The molecule has 4 rings (SSSR count). The highest BCUT2D eigenvalue weighted by Crippen LogP contribution is 2.27. The van der Waals surface area contributed by atoms with Gasteiger partial charge in [-0.2, -0.15) is 5.26 Å². The van der Waals surface area contributed by atoms with Gasteiger partial charge in [-0.25, -0.2) is 0 Å². The number of benzene rings is 4. The fourth-order valence-electron chi connectivity index (χ4n) is 3.57. The Kier molecular flexibility index (Phi) is 9.67. The van der Waals surface area contributed by atoms with Crippen LogP contribution in [0.15, 0.2) is 106 Å². The topological polar surface area (TPSA) is 114 Å². The van der Waals surface area contributed by atoms with E-state index in [1.807, 2.05) is 30.3 Å². The zero-order chi connectivity index (χ0) is 28.5. The number of nitro groups is 1. The van der Waals surface area contributed by atoms with Crippen LogP contribution in [0.1, 0.15) is 16.7 Å². The van der Waals surface area contributed by atoms with Gasteiger partial charge in [-0.1, -0.05) is 56.1 Å². The fraction of sp³-hybridized carbons (Fsp3) is 0.0667. The monoisotopic (exact) mass is 661 g/mol. The van der Waals surface area contributed by atoms with Crippen LogP contribution in [0, 0.1) is 21.4 Å². The number of carbonyl (C=O) groups excluding carboxylic acids is 1. The molecular weight excluding hydrogens is 642 g/mol. The third-order valence-electron chi connectivity index (χ3n) is 5.58. The molecule has 0 bridgehead atoms. The number of carbonyl (C=O) groups is 1. The van der Waals surface area contributed by atoms with Gasteiger partial charge < -0.3 is 14.8 Å². The summed E-state index contributed by atoms with van der Waals surface area (Å²) in [5.74, 6) is 0.454. The summed E-state index contributed by atoms with van der Waals surface area (Å²) in [5, 5.41) is 23.5. The summed E-state index contributed by atoms with van der Waals surface area (Å²) in [6.45, 7) is 0.465. The van der Waals surface area contributed by atoms with Gasteiger partial charge in [-0.15, -0.1) is 0 Å². The minimum atomic E-state index is -0.587. The van der Waals surface area contributed by atoms with Crippen molar-refractivity contribution in [3.63, 3.8) is 0 Å². The van der Waals surface area contributed by atoms with E-state index in [1.165, 1.54) is 18.2 Å². The molecule has 10 heteroatoms. The summed E-state index contributed by atoms with van der Waals surface area (Å²) in [6, 6.07) is 27.9. The molecule has 200 valence electrons. The number of nitrogens with one attached hydrogen (secondary N) is 1. The number of hydrogen-bond acceptors (Lipinski definition) is 6. The molecule has 0 aliphatic rings. The molecule has 0 saturated heterocycles. The lowest BCUT2D eigenvalue weighted by molar-refractivity contribution is -0.384. The molecule has 0 atom stereocenters. The van der Waals surface area contributed by atoms with Gasteiger partial charge >= 0.3 is 0 Å². The summed E-state index contributed by atoms with van der Waals surface area (Å²) in [6.07, 6.45) is 1.43. The Morgan fingerprint density at radius 2 is 1.60 bits per heavy atom. The second-order valence-electron chi connectivity index (χ2n) is 8.46. The van der Waals surface area contributed by atoms with Gasteiger partial charge in [0, 0.05) is 32.3 Å². The standard InChI is InChI=1S/C30H21Br2N3O5/c31-24-6-4-20(5-7-24)18-39-28-11-9-26(10-12-28)34-30(36)23(17-33)15-22-16-25(32)8-13-29(22)40-19-21-2-1-3-27(14-21)35(37)38/h1-16H,18-19H2,(H,34,36)/b23-15+. The summed E-state index contributed by atoms with van der Waals surface area (Å²) in [7, 11) is 0. The first-order chi connectivity index (χ1) is 19.3. The van der Waals surface area contributed by atoms with Crippen molar-refractivity contribution in [1.29, 1.82) is 5.26 Å². The SMILES string of the molecule is N#C/C(=C\c1cc(Br)ccc1OCc1cccc([N+](=O)[O-])c1)C(=O)Nc1ccc(OCc2ccc(Br)cc2)cc1. The maximum Gasteiger partial charge on any atom is 0.269 e. The van der Waals surface area contributed by atoms with Crippen molar-refractivity contribution < 1.29 is 19.2 Å². The normalized spacial score (nSPS) is 10.9. The van der Waals surface area contributed by atoms with Crippen LogP contribution in [0.2, 0.25) is 0 Å². The van der Waals surface area contributed by atoms with Crippen molar-refractivity contribution >= 4 is 55.2 Å². The Labute approximate surface area is 247 Å². The molecule has 40 heavy (non-hydrogen) atoms. The van der Waals surface area contributed by atoms with E-state index in [-0.39, 0.29) is 17.9 Å². The highest BCUT2D eigenvalue weighted by atomic mass is 79.9. The van der Waals surface area contributed by atoms with Gasteiger partial charge in [-0.05, 0) is 71.8 Å². The van der Waals surface area contributed by atoms with Gasteiger partial charge in [0.1, 0.15) is 36.4 Å². The quantitative estimate of drug-likeness (QED) is 0.0801. The third-order valence-corrected chi connectivity index (χ3v) is 6.61. The van der Waals surface area contributed by atoms with Crippen LogP contribution in [0.25, 0.3) is 6.08 Å². The molecule has 1 N–H and O–H groups in total. The number of anilines is 1. The molecule has 0 heterocycles. The number of non-ortho nitro benzene ring substituents is 1. The van der Waals surface area contributed by atoms with E-state index in [2.05, 4.69) is 37.2 Å². The van der Waals surface area contributed by atoms with Crippen LogP contribution >= 0.6 is 31.9 Å². The van der Waals surface area contributed by atoms with E-state index in [9.17, 15) is 20.2 Å². The van der Waals surface area contributed by atoms with E-state index in [1.54, 1.807) is 54.6 Å². The number of nitriles is 1. The molecule has 8 nitrogen and oxygen atoms in total. The summed E-state index contributed by atoms with van der Waals surface area (Å²) >= 11 is 6.81. The Balaban J connectivity index is 1.43. The average Bonchev–Trinajstić information content (AvgIpc) is 2.96. The van der Waals surface area contributed by atoms with Crippen LogP contribution in [0.5, 0.6) is 11.5 Å². The maximum absolute atomic E-state index is 12.9. The Morgan fingerprint density at radius 1 is 0.900 bits per heavy atom. The number of nitrogens with zero attached hydrogens (tertiary/aromatic N) is 2. The lowest BCUT2D eigenvalue weighted by atomic mass is 10.1.